The lowest BCUT2D eigenvalue weighted by Gasteiger charge is -2.29. The molecule has 3 nitrogen and oxygen atoms in total. The fourth-order valence-corrected chi connectivity index (χ4v) is 1.23. The molecule has 1 saturated heterocycles. The summed E-state index contributed by atoms with van der Waals surface area (Å²) in [6.07, 6.45) is -11.1. The fraction of sp³-hybridized carbons (Fsp3) is 0.500. The lowest BCUT2D eigenvalue weighted by atomic mass is 9.86. The Labute approximate surface area is 126 Å². The molecular weight excluding hydrogens is 214 g/mol. The van der Waals surface area contributed by atoms with Crippen molar-refractivity contribution >= 4 is 5.97 Å². The summed E-state index contributed by atoms with van der Waals surface area (Å²) in [4.78, 5) is 13.0. The first-order valence-corrected chi connectivity index (χ1v) is 4.48. The van der Waals surface area contributed by atoms with Gasteiger partial charge in [-0.2, -0.15) is 0 Å². The molecule has 0 saturated carbocycles. The summed E-state index contributed by atoms with van der Waals surface area (Å²) in [6, 6.07) is -8.54. The normalized spacial score (nSPS) is 50.8. The van der Waals surface area contributed by atoms with E-state index >= 15 is 0 Å². The van der Waals surface area contributed by atoms with Gasteiger partial charge in [0, 0.05) is 18.4 Å². The third-order valence-electron chi connectivity index (χ3n) is 1.93. The van der Waals surface area contributed by atoms with Crippen LogP contribution in [0.25, 0.3) is 0 Å². The van der Waals surface area contributed by atoms with Crippen LogP contribution < -0.4 is 5.32 Å². The number of piperidine rings is 1. The van der Waals surface area contributed by atoms with E-state index in [2.05, 4.69) is 4.74 Å². The number of rotatable bonds is 3. The Balaban J connectivity index is 3.03. The van der Waals surface area contributed by atoms with Gasteiger partial charge in [0.15, 0.2) is 0 Å². The minimum Gasteiger partial charge on any atom is -0.469 e. The molecule has 1 heterocycles. The van der Waals surface area contributed by atoms with Crippen molar-refractivity contribution in [3.63, 3.8) is 0 Å². The molecule has 0 radical (unpaired) electrons. The molecule has 0 spiro atoms. The number of benzene rings is 1. The monoisotopic (exact) mass is 250 g/mol. The van der Waals surface area contributed by atoms with Crippen LogP contribution >= 0.6 is 0 Å². The molecule has 0 aliphatic carbocycles. The Kier molecular flexibility index (Phi) is 1.02. The van der Waals surface area contributed by atoms with Crippen LogP contribution in [0.15, 0.2) is 30.2 Å². The van der Waals surface area contributed by atoms with Crippen LogP contribution in [-0.2, 0) is 9.53 Å². The molecule has 1 N–H and O–H groups in total. The van der Waals surface area contributed by atoms with Gasteiger partial charge in [-0.05, 0) is 24.8 Å². The molecule has 0 bridgehead atoms. The van der Waals surface area contributed by atoms with Crippen LogP contribution in [0.2, 0.25) is 0 Å². The van der Waals surface area contributed by atoms with Crippen LogP contribution in [0.4, 0.5) is 0 Å². The largest absolute Gasteiger partial charge is 0.469 e. The van der Waals surface area contributed by atoms with Gasteiger partial charge in [-0.1, -0.05) is 36.6 Å². The molecule has 17 heavy (non-hydrogen) atoms. The average Bonchev–Trinajstić information content (AvgIpc) is 2.66. The SMILES string of the molecule is [2H]c1c([2H])c([2H])c(C([2H])(C(=O)OC([2H])([2H])[2H])C2NC([2H])([2H])C([2H])([2H])C([2H])([2H])C2([2H])[2H])c([2H])c1[2H]. The van der Waals surface area contributed by atoms with Crippen LogP contribution in [0.3, 0.4) is 0 Å². The molecule has 1 aromatic carbocycles. The Bertz CT molecular complexity index is 989. The van der Waals surface area contributed by atoms with Gasteiger partial charge in [0.05, 0.1) is 23.9 Å². The van der Waals surface area contributed by atoms with E-state index < -0.39 is 86.3 Å². The first-order valence-electron chi connectivity index (χ1n) is 13.0. The molecular formula is C14H19NO2. The smallest absolute Gasteiger partial charge is 0.314 e. The van der Waals surface area contributed by atoms with Gasteiger partial charge in [0.2, 0.25) is 0 Å². The highest BCUT2D eigenvalue weighted by atomic mass is 16.5. The van der Waals surface area contributed by atoms with Gasteiger partial charge in [0.25, 0.3) is 0 Å². The molecule has 3 heteroatoms. The predicted octanol–water partition coefficient (Wildman–Crippen LogP) is 2.09. The minimum absolute atomic E-state index is 0.980. The first-order chi connectivity index (χ1) is 14.9. The highest BCUT2D eigenvalue weighted by Crippen LogP contribution is 2.26. The van der Waals surface area contributed by atoms with E-state index in [1.165, 1.54) is 0 Å². The van der Waals surface area contributed by atoms with Gasteiger partial charge in [-0.15, -0.1) is 0 Å². The van der Waals surface area contributed by atoms with E-state index in [1.54, 1.807) is 5.32 Å². The maximum absolute atomic E-state index is 13.0. The van der Waals surface area contributed by atoms with E-state index in [1.807, 2.05) is 0 Å². The fourth-order valence-electron chi connectivity index (χ4n) is 1.23. The van der Waals surface area contributed by atoms with Crippen molar-refractivity contribution in [3.8, 4) is 0 Å². The van der Waals surface area contributed by atoms with E-state index in [0.29, 0.717) is 0 Å². The first kappa shape index (κ1) is 2.97. The number of ether oxygens (including phenoxy) is 1. The lowest BCUT2D eigenvalue weighted by Crippen LogP contribution is -2.42. The van der Waals surface area contributed by atoms with Crippen molar-refractivity contribution in [1.29, 1.82) is 0 Å². The maximum Gasteiger partial charge on any atom is 0.314 e. The van der Waals surface area contributed by atoms with Crippen LogP contribution in [0.1, 0.15) is 53.9 Å². The number of esters is 1. The number of carbonyl (C=O) groups excluding carboxylic acids is 1. The molecule has 0 aromatic heterocycles. The number of carbonyl (C=O) groups is 1. The number of nitrogens with one attached hydrogen (secondary N) is 1. The molecule has 2 unspecified atom stereocenters. The van der Waals surface area contributed by atoms with Crippen molar-refractivity contribution in [1.82, 2.24) is 5.32 Å². The number of hydrogen-bond acceptors (Lipinski definition) is 3. The Morgan fingerprint density at radius 3 is 3.24 bits per heavy atom. The third-order valence-corrected chi connectivity index (χ3v) is 1.93. The Morgan fingerprint density at radius 2 is 2.47 bits per heavy atom. The van der Waals surface area contributed by atoms with E-state index in [9.17, 15) is 4.79 Å². The Hall–Kier alpha value is -1.35. The van der Waals surface area contributed by atoms with Gasteiger partial charge >= 0.3 is 5.97 Å². The molecule has 0 amide bonds. The Morgan fingerprint density at radius 1 is 1.65 bits per heavy atom. The van der Waals surface area contributed by atoms with Crippen LogP contribution in [0, 0.1) is 0 Å². The van der Waals surface area contributed by atoms with E-state index in [4.69, 9.17) is 23.3 Å². The highest BCUT2D eigenvalue weighted by Gasteiger charge is 2.31. The molecule has 2 rings (SSSR count). The summed E-state index contributed by atoms with van der Waals surface area (Å²) in [6.45, 7) is -3.49. The quantitative estimate of drug-likeness (QED) is 0.835. The van der Waals surface area contributed by atoms with Crippen LogP contribution in [0.5, 0.6) is 0 Å². The average molecular weight is 250 g/mol. The number of methoxy groups -OCH3 is 1. The highest BCUT2D eigenvalue weighted by molar-refractivity contribution is 5.79. The minimum atomic E-state index is -3.79. The summed E-state index contributed by atoms with van der Waals surface area (Å²) in [5, 5.41) is 1.68. The topological polar surface area (TPSA) is 38.3 Å². The molecule has 1 aliphatic heterocycles. The van der Waals surface area contributed by atoms with Crippen molar-refractivity contribution in [2.45, 2.75) is 31.1 Å². The standard InChI is InChI=1S/C14H19NO2/c1-17-14(16)13(11-7-3-2-4-8-11)12-9-5-6-10-15-12/h2-4,7-8,12-13,15H,5-6,9-10H2,1H3/i1D3,2D,3D,4D,5D2,6D2,7D,8D,9D2,10D2,13D. The third kappa shape index (κ3) is 2.86. The van der Waals surface area contributed by atoms with Crippen LogP contribution in [-0.4, -0.2) is 25.5 Å². The van der Waals surface area contributed by atoms with Crippen molar-refractivity contribution in [3.05, 3.63) is 35.8 Å². The maximum atomic E-state index is 13.0. The molecule has 1 aromatic rings. The lowest BCUT2D eigenvalue weighted by molar-refractivity contribution is -0.143. The van der Waals surface area contributed by atoms with Gasteiger partial charge < -0.3 is 10.1 Å². The van der Waals surface area contributed by atoms with Crippen molar-refractivity contribution in [2.75, 3.05) is 13.5 Å². The van der Waals surface area contributed by atoms with Gasteiger partial charge in [-0.3, -0.25) is 4.79 Å². The van der Waals surface area contributed by atoms with Crippen molar-refractivity contribution < 1.29 is 32.8 Å². The summed E-state index contributed by atoms with van der Waals surface area (Å²) >= 11 is 0. The predicted molar refractivity (Wildman–Crippen MR) is 66.8 cm³/mol. The van der Waals surface area contributed by atoms with E-state index in [0.717, 1.165) is 0 Å². The molecule has 1 aliphatic rings. The molecule has 92 valence electrons. The number of hydrogen-bond donors (Lipinski definition) is 1. The second-order valence-corrected chi connectivity index (χ2v) is 2.90. The van der Waals surface area contributed by atoms with E-state index in [-0.39, 0.29) is 0 Å². The summed E-state index contributed by atoms with van der Waals surface area (Å²) < 4.78 is 138. The summed E-state index contributed by atoms with van der Waals surface area (Å²) in [7, 11) is -3.58. The zero-order valence-electron chi connectivity index (χ0n) is 25.4. The van der Waals surface area contributed by atoms with Crippen molar-refractivity contribution in [2.24, 2.45) is 0 Å². The zero-order chi connectivity index (χ0) is 27.0. The second-order valence-electron chi connectivity index (χ2n) is 2.90. The second kappa shape index (κ2) is 5.82. The summed E-state index contributed by atoms with van der Waals surface area (Å²) in [5.74, 6) is -5.91. The summed E-state index contributed by atoms with van der Waals surface area (Å²) in [5.41, 5.74) is -1.32. The zero-order valence-corrected chi connectivity index (χ0v) is 8.39. The van der Waals surface area contributed by atoms with Gasteiger partial charge in [0.1, 0.15) is 0 Å². The van der Waals surface area contributed by atoms with Gasteiger partial charge in [-0.25, -0.2) is 0 Å². The molecule has 2 atom stereocenters. The molecule has 1 fully saturated rings.